The topological polar surface area (TPSA) is 8.17 Å². The first-order valence-electron chi connectivity index (χ1n) is 17.2. The second-order valence-corrected chi connectivity index (χ2v) is 13.0. The van der Waals surface area contributed by atoms with Gasteiger partial charge in [0.15, 0.2) is 0 Å². The number of rotatable bonds is 5. The van der Waals surface area contributed by atoms with Crippen molar-refractivity contribution >= 4 is 71.2 Å². The highest BCUT2D eigenvalue weighted by Gasteiger charge is 2.18. The van der Waals surface area contributed by atoms with Gasteiger partial charge in [-0.05, 0) is 110 Å². The lowest BCUT2D eigenvalue weighted by Gasteiger charge is -2.26. The molecule has 0 aliphatic heterocycles. The molecule has 2 heteroatoms. The summed E-state index contributed by atoms with van der Waals surface area (Å²) in [6.45, 7) is 0. The maximum atomic E-state index is 2.37. The van der Waals surface area contributed by atoms with E-state index >= 15 is 0 Å². The maximum absolute atomic E-state index is 2.37. The number of nitrogens with zero attached hydrogens (tertiary/aromatic N) is 2. The number of benzene rings is 9. The summed E-state index contributed by atoms with van der Waals surface area (Å²) in [5.74, 6) is 0. The molecule has 2 nitrogen and oxygen atoms in total. The van der Waals surface area contributed by atoms with Crippen molar-refractivity contribution in [2.24, 2.45) is 0 Å². The number of para-hydroxylation sites is 3. The van der Waals surface area contributed by atoms with E-state index in [0.29, 0.717) is 0 Å². The molecule has 0 aliphatic rings. The Labute approximate surface area is 290 Å². The summed E-state index contributed by atoms with van der Waals surface area (Å²) in [4.78, 5) is 2.36. The Morgan fingerprint density at radius 1 is 0.340 bits per heavy atom. The molecule has 0 saturated carbocycles. The van der Waals surface area contributed by atoms with E-state index in [1.165, 1.54) is 65.3 Å². The van der Waals surface area contributed by atoms with Crippen LogP contribution in [-0.4, -0.2) is 4.57 Å². The summed E-state index contributed by atoms with van der Waals surface area (Å²) >= 11 is 0. The molecule has 1 aromatic heterocycles. The SMILES string of the molecule is c1ccc(N(c2ccc(-c3cc4ccc5ccccc5c4c4ccccc34)cc2)c2ccc3c(c2)c2ccccc2n3-c2ccccc2)cc1. The van der Waals surface area contributed by atoms with Gasteiger partial charge in [0.05, 0.1) is 11.0 Å². The molecule has 0 unspecified atom stereocenters. The Kier molecular flexibility index (Phi) is 6.53. The number of fused-ring (bicyclic) bond motifs is 8. The first kappa shape index (κ1) is 28.4. The first-order chi connectivity index (χ1) is 24.8. The monoisotopic (exact) mass is 636 g/mol. The number of aromatic nitrogens is 1. The fourth-order valence-corrected chi connectivity index (χ4v) is 7.89. The molecule has 10 aromatic rings. The van der Waals surface area contributed by atoms with Crippen molar-refractivity contribution in [1.82, 2.24) is 4.57 Å². The van der Waals surface area contributed by atoms with E-state index in [-0.39, 0.29) is 0 Å². The van der Waals surface area contributed by atoms with E-state index in [0.717, 1.165) is 22.7 Å². The largest absolute Gasteiger partial charge is 0.310 e. The predicted molar refractivity (Wildman–Crippen MR) is 213 cm³/mol. The molecule has 0 saturated heterocycles. The minimum absolute atomic E-state index is 1.11. The van der Waals surface area contributed by atoms with Crippen LogP contribution in [-0.2, 0) is 0 Å². The van der Waals surface area contributed by atoms with Crippen LogP contribution in [0.4, 0.5) is 17.1 Å². The van der Waals surface area contributed by atoms with Crippen LogP contribution in [0.1, 0.15) is 0 Å². The van der Waals surface area contributed by atoms with Gasteiger partial charge < -0.3 is 9.47 Å². The Hall–Kier alpha value is -6.64. The molecule has 0 bridgehead atoms. The highest BCUT2D eigenvalue weighted by Crippen LogP contribution is 2.42. The minimum Gasteiger partial charge on any atom is -0.310 e. The molecule has 0 spiro atoms. The summed E-state index contributed by atoms with van der Waals surface area (Å²) in [6, 6.07) is 70.4. The van der Waals surface area contributed by atoms with Gasteiger partial charge in [-0.25, -0.2) is 0 Å². The van der Waals surface area contributed by atoms with E-state index < -0.39 is 0 Å². The van der Waals surface area contributed by atoms with E-state index in [9.17, 15) is 0 Å². The van der Waals surface area contributed by atoms with Gasteiger partial charge in [-0.15, -0.1) is 0 Å². The zero-order valence-electron chi connectivity index (χ0n) is 27.4. The molecule has 234 valence electrons. The smallest absolute Gasteiger partial charge is 0.0542 e. The zero-order valence-corrected chi connectivity index (χ0v) is 27.4. The van der Waals surface area contributed by atoms with Crippen LogP contribution in [0.2, 0.25) is 0 Å². The van der Waals surface area contributed by atoms with Gasteiger partial charge in [0.2, 0.25) is 0 Å². The third kappa shape index (κ3) is 4.50. The fourth-order valence-electron chi connectivity index (χ4n) is 7.89. The number of hydrogen-bond acceptors (Lipinski definition) is 1. The van der Waals surface area contributed by atoms with E-state index in [2.05, 4.69) is 204 Å². The molecule has 0 atom stereocenters. The summed E-state index contributed by atoms with van der Waals surface area (Å²) in [7, 11) is 0. The van der Waals surface area contributed by atoms with Crippen LogP contribution in [0, 0.1) is 0 Å². The molecule has 0 aliphatic carbocycles. The molecular weight excluding hydrogens is 605 g/mol. The lowest BCUT2D eigenvalue weighted by molar-refractivity contribution is 1.18. The second kappa shape index (κ2) is 11.5. The van der Waals surface area contributed by atoms with Gasteiger partial charge in [-0.2, -0.15) is 0 Å². The molecule has 9 aromatic carbocycles. The normalized spacial score (nSPS) is 11.6. The van der Waals surface area contributed by atoms with E-state index in [1.54, 1.807) is 0 Å². The molecular formula is C48H32N2. The Morgan fingerprint density at radius 2 is 0.920 bits per heavy atom. The summed E-state index contributed by atoms with van der Waals surface area (Å²) in [5, 5.41) is 10.2. The molecule has 0 amide bonds. The first-order valence-corrected chi connectivity index (χ1v) is 17.2. The Balaban J connectivity index is 1.13. The Morgan fingerprint density at radius 3 is 1.72 bits per heavy atom. The van der Waals surface area contributed by atoms with Crippen molar-refractivity contribution in [1.29, 1.82) is 0 Å². The Bertz CT molecular complexity index is 2850. The lowest BCUT2D eigenvalue weighted by Crippen LogP contribution is -2.09. The average molecular weight is 637 g/mol. The number of hydrogen-bond donors (Lipinski definition) is 0. The van der Waals surface area contributed by atoms with Crippen LogP contribution in [0.5, 0.6) is 0 Å². The lowest BCUT2D eigenvalue weighted by atomic mass is 9.91. The van der Waals surface area contributed by atoms with Gasteiger partial charge in [0.1, 0.15) is 0 Å². The van der Waals surface area contributed by atoms with Gasteiger partial charge in [0, 0.05) is 33.5 Å². The summed E-state index contributed by atoms with van der Waals surface area (Å²) in [5.41, 5.74) is 9.37. The third-order valence-electron chi connectivity index (χ3n) is 10.1. The highest BCUT2D eigenvalue weighted by atomic mass is 15.1. The fraction of sp³-hybridized carbons (Fsp3) is 0. The van der Waals surface area contributed by atoms with Crippen molar-refractivity contribution in [3.8, 4) is 16.8 Å². The predicted octanol–water partition coefficient (Wildman–Crippen LogP) is 13.4. The maximum Gasteiger partial charge on any atom is 0.0542 e. The van der Waals surface area contributed by atoms with Crippen LogP contribution in [0.15, 0.2) is 194 Å². The average Bonchev–Trinajstić information content (AvgIpc) is 3.52. The van der Waals surface area contributed by atoms with Crippen molar-refractivity contribution in [3.63, 3.8) is 0 Å². The molecule has 0 radical (unpaired) electrons. The molecule has 10 rings (SSSR count). The third-order valence-corrected chi connectivity index (χ3v) is 10.1. The van der Waals surface area contributed by atoms with E-state index in [1.807, 2.05) is 0 Å². The van der Waals surface area contributed by atoms with Gasteiger partial charge >= 0.3 is 0 Å². The highest BCUT2D eigenvalue weighted by molar-refractivity contribution is 6.23. The minimum atomic E-state index is 1.11. The summed E-state index contributed by atoms with van der Waals surface area (Å²) < 4.78 is 2.37. The van der Waals surface area contributed by atoms with Crippen LogP contribution in [0.3, 0.4) is 0 Å². The zero-order chi connectivity index (χ0) is 33.0. The van der Waals surface area contributed by atoms with Crippen molar-refractivity contribution in [3.05, 3.63) is 194 Å². The molecule has 0 N–H and O–H groups in total. The standard InChI is InChI=1S/C48H32N2/c1-3-14-36(15-4-1)49(39-29-30-47-45(32-39)42-20-11-12-22-46(42)50(47)37-16-5-2-6-17-37)38-27-25-34(26-28-38)44-31-35-24-23-33-13-7-8-18-40(33)48(35)43-21-10-9-19-41(43)44/h1-32H. The van der Waals surface area contributed by atoms with Crippen molar-refractivity contribution in [2.75, 3.05) is 4.90 Å². The van der Waals surface area contributed by atoms with Crippen LogP contribution in [0.25, 0.3) is 70.9 Å². The number of anilines is 3. The molecule has 1 heterocycles. The molecule has 0 fully saturated rings. The van der Waals surface area contributed by atoms with E-state index in [4.69, 9.17) is 0 Å². The van der Waals surface area contributed by atoms with Gasteiger partial charge in [0.25, 0.3) is 0 Å². The second-order valence-electron chi connectivity index (χ2n) is 13.0. The van der Waals surface area contributed by atoms with Crippen LogP contribution < -0.4 is 4.90 Å². The van der Waals surface area contributed by atoms with Gasteiger partial charge in [-0.1, -0.05) is 127 Å². The van der Waals surface area contributed by atoms with Crippen molar-refractivity contribution < 1.29 is 0 Å². The van der Waals surface area contributed by atoms with Crippen LogP contribution >= 0.6 is 0 Å². The van der Waals surface area contributed by atoms with Crippen molar-refractivity contribution in [2.45, 2.75) is 0 Å². The van der Waals surface area contributed by atoms with Gasteiger partial charge in [-0.3, -0.25) is 0 Å². The molecule has 50 heavy (non-hydrogen) atoms. The summed E-state index contributed by atoms with van der Waals surface area (Å²) in [6.07, 6.45) is 0. The quantitative estimate of drug-likeness (QED) is 0.171.